The summed E-state index contributed by atoms with van der Waals surface area (Å²) in [5.74, 6) is 3.89. The first-order chi connectivity index (χ1) is 17.5. The molecule has 0 unspecified atom stereocenters. The number of aromatic nitrogens is 6. The van der Waals surface area contributed by atoms with Crippen molar-refractivity contribution >= 4 is 39.7 Å². The van der Waals surface area contributed by atoms with Gasteiger partial charge in [0.15, 0.2) is 0 Å². The molecule has 0 bridgehead atoms. The number of nitrogens with one attached hydrogen (secondary N) is 3. The van der Waals surface area contributed by atoms with Crippen LogP contribution in [0.4, 0.5) is 29.0 Å². The van der Waals surface area contributed by atoms with Gasteiger partial charge in [0, 0.05) is 54.0 Å². The van der Waals surface area contributed by atoms with E-state index >= 15 is 0 Å². The van der Waals surface area contributed by atoms with E-state index in [0.29, 0.717) is 11.6 Å². The Morgan fingerprint density at radius 2 is 1.58 bits per heavy atom. The van der Waals surface area contributed by atoms with Crippen molar-refractivity contribution in [2.75, 3.05) is 23.0 Å². The van der Waals surface area contributed by atoms with E-state index in [-0.39, 0.29) is 5.92 Å². The van der Waals surface area contributed by atoms with E-state index in [2.05, 4.69) is 78.8 Å². The van der Waals surface area contributed by atoms with E-state index in [0.717, 1.165) is 50.7 Å². The van der Waals surface area contributed by atoms with Gasteiger partial charge in [-0.15, -0.1) is 0 Å². The smallest absolute Gasteiger partial charge is 0.139 e. The highest BCUT2D eigenvalue weighted by atomic mass is 15.1. The van der Waals surface area contributed by atoms with E-state index in [1.54, 1.807) is 24.9 Å². The molecule has 0 spiro atoms. The minimum absolute atomic E-state index is 0.234. The van der Waals surface area contributed by atoms with Crippen molar-refractivity contribution < 1.29 is 0 Å². The number of fused-ring (bicyclic) bond motifs is 1. The van der Waals surface area contributed by atoms with Crippen LogP contribution in [0.1, 0.15) is 31.2 Å². The Kier molecular flexibility index (Phi) is 6.36. The summed E-state index contributed by atoms with van der Waals surface area (Å²) in [4.78, 5) is 26.9. The first kappa shape index (κ1) is 23.1. The molecule has 0 aliphatic heterocycles. The number of rotatable bonds is 7. The topological polar surface area (TPSA) is 113 Å². The maximum absolute atomic E-state index is 4.64. The predicted molar refractivity (Wildman–Crippen MR) is 144 cm³/mol. The van der Waals surface area contributed by atoms with Gasteiger partial charge in [-0.3, -0.25) is 0 Å². The molecule has 5 rings (SSSR count). The summed E-state index contributed by atoms with van der Waals surface area (Å²) in [6, 6.07) is 13.8. The van der Waals surface area contributed by atoms with Crippen LogP contribution < -0.4 is 16.0 Å². The summed E-state index contributed by atoms with van der Waals surface area (Å²) >= 11 is 0. The van der Waals surface area contributed by atoms with Gasteiger partial charge in [0.2, 0.25) is 0 Å². The third-order valence-electron chi connectivity index (χ3n) is 5.84. The minimum atomic E-state index is 0.234. The van der Waals surface area contributed by atoms with Crippen LogP contribution in [0.3, 0.4) is 0 Å². The Balaban J connectivity index is 1.55. The van der Waals surface area contributed by atoms with Crippen molar-refractivity contribution in [3.63, 3.8) is 0 Å². The molecule has 9 heteroatoms. The van der Waals surface area contributed by atoms with Crippen molar-refractivity contribution in [1.82, 2.24) is 29.9 Å². The van der Waals surface area contributed by atoms with E-state index in [9.17, 15) is 0 Å². The third-order valence-corrected chi connectivity index (χ3v) is 5.84. The Hall–Kier alpha value is -4.66. The van der Waals surface area contributed by atoms with Gasteiger partial charge < -0.3 is 16.0 Å². The summed E-state index contributed by atoms with van der Waals surface area (Å²) in [5, 5.41) is 12.0. The van der Waals surface area contributed by atoms with Crippen LogP contribution in [-0.2, 0) is 0 Å². The van der Waals surface area contributed by atoms with Gasteiger partial charge in [-0.05, 0) is 36.8 Å². The van der Waals surface area contributed by atoms with E-state index in [1.165, 1.54) is 0 Å². The van der Waals surface area contributed by atoms with Crippen molar-refractivity contribution in [2.24, 2.45) is 0 Å². The SMILES string of the molecule is CNc1cc(-c2cccnc2Nc2c(C)ccc3c(Nc4ccnc(C(C)C)n4)nccc23)ncn1. The fraction of sp³-hybridized carbons (Fsp3) is 0.185. The third kappa shape index (κ3) is 4.63. The Morgan fingerprint density at radius 3 is 2.42 bits per heavy atom. The Labute approximate surface area is 209 Å². The highest BCUT2D eigenvalue weighted by molar-refractivity contribution is 6.03. The number of hydrogen-bond acceptors (Lipinski definition) is 9. The molecule has 3 N–H and O–H groups in total. The normalized spacial score (nSPS) is 11.0. The second-order valence-corrected chi connectivity index (χ2v) is 8.65. The Bertz CT molecular complexity index is 1530. The molecular formula is C27H27N9. The lowest BCUT2D eigenvalue weighted by Gasteiger charge is -2.17. The monoisotopic (exact) mass is 477 g/mol. The largest absolute Gasteiger partial charge is 0.373 e. The zero-order valence-corrected chi connectivity index (χ0v) is 20.6. The second kappa shape index (κ2) is 9.91. The molecule has 36 heavy (non-hydrogen) atoms. The molecule has 1 aromatic carbocycles. The predicted octanol–water partition coefficient (Wildman–Crippen LogP) is 5.84. The molecule has 180 valence electrons. The zero-order chi connectivity index (χ0) is 25.1. The average molecular weight is 478 g/mol. The van der Waals surface area contributed by atoms with Gasteiger partial charge in [-0.25, -0.2) is 29.9 Å². The molecule has 0 fully saturated rings. The van der Waals surface area contributed by atoms with Crippen LogP contribution in [0.25, 0.3) is 22.0 Å². The molecule has 4 heterocycles. The fourth-order valence-electron chi connectivity index (χ4n) is 3.94. The van der Waals surface area contributed by atoms with Crippen molar-refractivity contribution in [2.45, 2.75) is 26.7 Å². The number of aryl methyl sites for hydroxylation is 1. The summed E-state index contributed by atoms with van der Waals surface area (Å²) in [6.45, 7) is 6.22. The van der Waals surface area contributed by atoms with Crippen LogP contribution in [-0.4, -0.2) is 37.0 Å². The molecule has 0 aliphatic rings. The Morgan fingerprint density at radius 1 is 0.750 bits per heavy atom. The van der Waals surface area contributed by atoms with Crippen LogP contribution in [0.2, 0.25) is 0 Å². The van der Waals surface area contributed by atoms with Crippen LogP contribution in [0, 0.1) is 6.92 Å². The van der Waals surface area contributed by atoms with Crippen molar-refractivity contribution in [3.05, 3.63) is 78.8 Å². The minimum Gasteiger partial charge on any atom is -0.373 e. The zero-order valence-electron chi connectivity index (χ0n) is 20.6. The number of anilines is 5. The number of nitrogens with zero attached hydrogens (tertiary/aromatic N) is 6. The maximum Gasteiger partial charge on any atom is 0.139 e. The summed E-state index contributed by atoms with van der Waals surface area (Å²) in [5.41, 5.74) is 3.68. The van der Waals surface area contributed by atoms with Crippen LogP contribution in [0.5, 0.6) is 0 Å². The van der Waals surface area contributed by atoms with Gasteiger partial charge in [0.1, 0.15) is 35.4 Å². The molecule has 0 atom stereocenters. The van der Waals surface area contributed by atoms with Crippen LogP contribution >= 0.6 is 0 Å². The van der Waals surface area contributed by atoms with Gasteiger partial charge in [-0.2, -0.15) is 0 Å². The van der Waals surface area contributed by atoms with Gasteiger partial charge in [0.05, 0.1) is 11.4 Å². The molecular weight excluding hydrogens is 450 g/mol. The second-order valence-electron chi connectivity index (χ2n) is 8.65. The van der Waals surface area contributed by atoms with E-state index < -0.39 is 0 Å². The number of pyridine rings is 2. The van der Waals surface area contributed by atoms with Crippen molar-refractivity contribution in [3.8, 4) is 11.3 Å². The molecule has 0 amide bonds. The quantitative estimate of drug-likeness (QED) is 0.266. The molecule has 4 aromatic heterocycles. The maximum atomic E-state index is 4.64. The van der Waals surface area contributed by atoms with E-state index in [1.807, 2.05) is 37.4 Å². The van der Waals surface area contributed by atoms with Crippen molar-refractivity contribution in [1.29, 1.82) is 0 Å². The van der Waals surface area contributed by atoms with Gasteiger partial charge >= 0.3 is 0 Å². The lowest BCUT2D eigenvalue weighted by atomic mass is 10.0. The molecule has 5 aromatic rings. The lowest BCUT2D eigenvalue weighted by molar-refractivity contribution is 0.776. The first-order valence-corrected chi connectivity index (χ1v) is 11.7. The highest BCUT2D eigenvalue weighted by Gasteiger charge is 2.14. The summed E-state index contributed by atoms with van der Waals surface area (Å²) < 4.78 is 0. The highest BCUT2D eigenvalue weighted by Crippen LogP contribution is 2.35. The molecule has 9 nitrogen and oxygen atoms in total. The number of benzene rings is 1. The first-order valence-electron chi connectivity index (χ1n) is 11.7. The van der Waals surface area contributed by atoms with Gasteiger partial charge in [0.25, 0.3) is 0 Å². The number of hydrogen-bond donors (Lipinski definition) is 3. The summed E-state index contributed by atoms with van der Waals surface area (Å²) in [7, 11) is 1.83. The standard InChI is InChI=1S/C27H27N9/c1-16(2)25-30-13-10-22(34-25)35-26-19-8-7-17(3)24(18(19)9-12-31-26)36-27-20(6-5-11-29-27)21-14-23(28-4)33-15-32-21/h5-16H,1-4H3,(H,29,36)(H,28,32,33)(H,30,31,34,35). The van der Waals surface area contributed by atoms with E-state index in [4.69, 9.17) is 0 Å². The molecule has 0 saturated carbocycles. The summed E-state index contributed by atoms with van der Waals surface area (Å²) in [6.07, 6.45) is 6.87. The molecule has 0 saturated heterocycles. The van der Waals surface area contributed by atoms with Gasteiger partial charge in [-0.1, -0.05) is 26.0 Å². The van der Waals surface area contributed by atoms with Crippen LogP contribution in [0.15, 0.2) is 67.4 Å². The fourth-order valence-corrected chi connectivity index (χ4v) is 3.94. The average Bonchev–Trinajstić information content (AvgIpc) is 2.91. The molecule has 0 aliphatic carbocycles. The lowest BCUT2D eigenvalue weighted by Crippen LogP contribution is -2.04. The molecule has 0 radical (unpaired) electrons.